The smallest absolute Gasteiger partial charge is 0.275 e. The third-order valence-electron chi connectivity index (χ3n) is 7.33. The lowest BCUT2D eigenvalue weighted by Crippen LogP contribution is -2.48. The van der Waals surface area contributed by atoms with Crippen LogP contribution in [-0.4, -0.2) is 55.7 Å². The first-order valence-electron chi connectivity index (χ1n) is 15.0. The van der Waals surface area contributed by atoms with Crippen molar-refractivity contribution in [3.63, 3.8) is 0 Å². The van der Waals surface area contributed by atoms with Gasteiger partial charge in [-0.1, -0.05) is 53.6 Å². The zero-order valence-corrected chi connectivity index (χ0v) is 27.2. The molecule has 0 bridgehead atoms. The maximum Gasteiger partial charge on any atom is 0.275 e. The topological polar surface area (TPSA) is 64.4 Å². The number of carbonyl (C=O) groups is 1. The highest BCUT2D eigenvalue weighted by molar-refractivity contribution is 9.10. The fourth-order valence-corrected chi connectivity index (χ4v) is 5.54. The Morgan fingerprint density at radius 3 is 2.60 bits per heavy atom. The Balaban J connectivity index is 1.53. The van der Waals surface area contributed by atoms with Gasteiger partial charge in [0.2, 0.25) is 5.89 Å². The van der Waals surface area contributed by atoms with Crippen LogP contribution in [0.25, 0.3) is 33.7 Å². The molecule has 7 heteroatoms. The predicted molar refractivity (Wildman–Crippen MR) is 180 cm³/mol. The Labute approximate surface area is 264 Å². The first-order valence-corrected chi connectivity index (χ1v) is 15.8. The minimum atomic E-state index is 0.102. The molecule has 3 aromatic carbocycles. The molecule has 43 heavy (non-hydrogen) atoms. The third kappa shape index (κ3) is 8.91. The quantitative estimate of drug-likeness (QED) is 0.0759. The minimum Gasteiger partial charge on any atom is -0.493 e. The summed E-state index contributed by atoms with van der Waals surface area (Å²) >= 11 is 3.55. The van der Waals surface area contributed by atoms with Crippen molar-refractivity contribution in [2.45, 2.75) is 39.0 Å². The van der Waals surface area contributed by atoms with Crippen LogP contribution in [0, 0.1) is 0 Å². The van der Waals surface area contributed by atoms with Crippen molar-refractivity contribution in [3.05, 3.63) is 95.5 Å². The molecule has 1 N–H and O–H groups in total. The third-order valence-corrected chi connectivity index (χ3v) is 7.82. The van der Waals surface area contributed by atoms with Crippen LogP contribution < -0.4 is 10.1 Å². The lowest BCUT2D eigenvalue weighted by Gasteiger charge is -2.29. The number of halogens is 1. The van der Waals surface area contributed by atoms with Gasteiger partial charge < -0.3 is 19.0 Å². The Morgan fingerprint density at radius 2 is 1.86 bits per heavy atom. The van der Waals surface area contributed by atoms with Crippen molar-refractivity contribution in [3.8, 4) is 28.3 Å². The van der Waals surface area contributed by atoms with Gasteiger partial charge in [0, 0.05) is 28.6 Å². The summed E-state index contributed by atoms with van der Waals surface area (Å²) in [4.78, 5) is 17.1. The number of rotatable bonds is 16. The van der Waals surface area contributed by atoms with Crippen LogP contribution in [0.4, 0.5) is 0 Å². The van der Waals surface area contributed by atoms with Crippen molar-refractivity contribution in [2.24, 2.45) is 0 Å². The van der Waals surface area contributed by atoms with E-state index in [-0.39, 0.29) is 5.91 Å². The molecule has 1 aromatic heterocycles. The van der Waals surface area contributed by atoms with Crippen LogP contribution in [0.1, 0.15) is 37.3 Å². The second kappa shape index (κ2) is 15.2. The Morgan fingerprint density at radius 1 is 1.05 bits per heavy atom. The second-order valence-corrected chi connectivity index (χ2v) is 12.5. The molecule has 0 fully saturated rings. The van der Waals surface area contributed by atoms with E-state index in [1.54, 1.807) is 0 Å². The summed E-state index contributed by atoms with van der Waals surface area (Å²) in [5.74, 6) is 1.53. The first kappa shape index (κ1) is 32.2. The average molecular weight is 646 g/mol. The molecule has 0 unspecified atom stereocenters. The molecule has 0 spiro atoms. The van der Waals surface area contributed by atoms with E-state index in [1.807, 2.05) is 42.5 Å². The minimum absolute atomic E-state index is 0.102. The molecule has 0 radical (unpaired) electrons. The number of amides is 1. The number of aromatic nitrogens is 1. The number of nitrogens with zero attached hydrogens (tertiary/aromatic N) is 2. The molecule has 4 rings (SSSR count). The van der Waals surface area contributed by atoms with Crippen molar-refractivity contribution < 1.29 is 18.4 Å². The van der Waals surface area contributed by atoms with E-state index in [9.17, 15) is 4.79 Å². The van der Waals surface area contributed by atoms with E-state index in [0.29, 0.717) is 29.9 Å². The van der Waals surface area contributed by atoms with Gasteiger partial charge in [0.25, 0.3) is 5.91 Å². The summed E-state index contributed by atoms with van der Waals surface area (Å²) < 4.78 is 14.2. The molecule has 6 nitrogen and oxygen atoms in total. The maximum atomic E-state index is 12.3. The highest BCUT2D eigenvalue weighted by atomic mass is 79.9. The van der Waals surface area contributed by atoms with Crippen molar-refractivity contribution >= 4 is 32.9 Å². The van der Waals surface area contributed by atoms with Gasteiger partial charge in [-0.15, -0.1) is 13.2 Å². The number of benzene rings is 3. The summed E-state index contributed by atoms with van der Waals surface area (Å²) in [5.41, 5.74) is 6.67. The molecule has 0 saturated carbocycles. The van der Waals surface area contributed by atoms with Gasteiger partial charge in [-0.25, -0.2) is 4.98 Å². The van der Waals surface area contributed by atoms with E-state index in [1.165, 1.54) is 0 Å². The Kier molecular flexibility index (Phi) is 11.4. The number of nitrogens with one attached hydrogen (secondary N) is 1. The molecule has 0 aliphatic rings. The van der Waals surface area contributed by atoms with Crippen molar-refractivity contribution in [1.29, 1.82) is 0 Å². The number of hydrogen-bond donors (Lipinski definition) is 1. The van der Waals surface area contributed by atoms with Gasteiger partial charge in [-0.2, -0.15) is 0 Å². The fraction of sp³-hybridized carbons (Fsp3) is 0.333. The van der Waals surface area contributed by atoms with Crippen LogP contribution in [0.5, 0.6) is 5.75 Å². The number of unbranched alkanes of at least 4 members (excludes halogenated alkanes) is 1. The van der Waals surface area contributed by atoms with Crippen LogP contribution in [0.3, 0.4) is 0 Å². The zero-order valence-electron chi connectivity index (χ0n) is 25.6. The highest BCUT2D eigenvalue weighted by Gasteiger charge is 2.20. The van der Waals surface area contributed by atoms with Crippen molar-refractivity contribution in [2.75, 3.05) is 40.3 Å². The van der Waals surface area contributed by atoms with Gasteiger partial charge in [0.05, 0.1) is 27.2 Å². The van der Waals surface area contributed by atoms with Gasteiger partial charge in [0.1, 0.15) is 11.3 Å². The average Bonchev–Trinajstić information content (AvgIpc) is 3.40. The number of fused-ring (bicyclic) bond motifs is 1. The number of hydrogen-bond acceptors (Lipinski definition) is 4. The van der Waals surface area contributed by atoms with Crippen LogP contribution in [0.15, 0.2) is 88.8 Å². The number of carbonyl (C=O) groups excluding carboxylic acids is 1. The molecule has 0 saturated heterocycles. The monoisotopic (exact) mass is 644 g/mol. The van der Waals surface area contributed by atoms with Gasteiger partial charge in [-0.05, 0) is 78.4 Å². The summed E-state index contributed by atoms with van der Waals surface area (Å²) in [6.45, 7) is 12.6. The second-order valence-electron chi connectivity index (χ2n) is 11.6. The van der Waals surface area contributed by atoms with E-state index in [2.05, 4.69) is 79.7 Å². The van der Waals surface area contributed by atoms with Crippen LogP contribution >= 0.6 is 15.9 Å². The molecular formula is C36H43BrN3O3+. The molecule has 0 aliphatic carbocycles. The summed E-state index contributed by atoms with van der Waals surface area (Å²) in [5, 5.41) is 3.02. The number of likely N-dealkylation sites (N-methyl/N-ethyl adjacent to an activating group) is 1. The molecule has 1 heterocycles. The van der Waals surface area contributed by atoms with E-state index < -0.39 is 0 Å². The van der Waals surface area contributed by atoms with Gasteiger partial charge in [-0.3, -0.25) is 4.79 Å². The molecular weight excluding hydrogens is 602 g/mol. The zero-order chi connectivity index (χ0) is 30.8. The lowest BCUT2D eigenvalue weighted by molar-refractivity contribution is -0.882. The molecule has 1 amide bonds. The Bertz CT molecular complexity index is 1570. The summed E-state index contributed by atoms with van der Waals surface area (Å²) in [6.07, 6.45) is 8.13. The number of oxazole rings is 1. The fourth-order valence-electron chi connectivity index (χ4n) is 5.14. The predicted octanol–water partition coefficient (Wildman–Crippen LogP) is 8.14. The van der Waals surface area contributed by atoms with Crippen molar-refractivity contribution in [1.82, 2.24) is 10.3 Å². The van der Waals surface area contributed by atoms with E-state index >= 15 is 0 Å². The highest BCUT2D eigenvalue weighted by Crippen LogP contribution is 2.36. The molecule has 4 aromatic rings. The Hall–Kier alpha value is -3.68. The standard InChI is InChI=1S/C36H42BrN3O3/c1-6-9-18-38-34(41)25-40(4,5)19-11-20-42-33-17-16-27(23-28(33)13-8-3)31-21-26(12-7-2)22-32-35(31)43-36(39-32)29-14-10-15-30(37)24-29/h7-8,10,14-17,21-24H,2-3,6,9,11-13,18-20,25H2,1,4-5H3/p+1. The normalized spacial score (nSPS) is 11.4. The largest absolute Gasteiger partial charge is 0.493 e. The van der Waals surface area contributed by atoms with Gasteiger partial charge in [0.15, 0.2) is 12.1 Å². The number of quaternary nitrogens is 1. The van der Waals surface area contributed by atoms with Gasteiger partial charge >= 0.3 is 0 Å². The number of allylic oxidation sites excluding steroid dienone is 2. The van der Waals surface area contributed by atoms with Crippen LogP contribution in [-0.2, 0) is 17.6 Å². The number of ether oxygens (including phenoxy) is 1. The maximum absolute atomic E-state index is 12.3. The summed E-state index contributed by atoms with van der Waals surface area (Å²) in [6, 6.07) is 18.5. The van der Waals surface area contributed by atoms with Crippen LogP contribution in [0.2, 0.25) is 0 Å². The lowest BCUT2D eigenvalue weighted by atomic mass is 9.97. The SMILES string of the molecule is C=CCc1cc(-c2ccc(OCCC[N+](C)(C)CC(=O)NCCCC)c(CC=C)c2)c2oc(-c3cccc(Br)c3)nc2c1. The van der Waals surface area contributed by atoms with E-state index in [0.717, 1.165) is 87.9 Å². The molecule has 0 aliphatic heterocycles. The summed E-state index contributed by atoms with van der Waals surface area (Å²) in [7, 11) is 4.17. The first-order chi connectivity index (χ1) is 20.7. The molecule has 226 valence electrons. The molecule has 0 atom stereocenters. The van der Waals surface area contributed by atoms with E-state index in [4.69, 9.17) is 14.1 Å².